The zero-order chi connectivity index (χ0) is 12.1. The van der Waals surface area contributed by atoms with E-state index < -0.39 is 5.91 Å². The summed E-state index contributed by atoms with van der Waals surface area (Å²) < 4.78 is 0. The number of nitrogens with two attached hydrogens (primary N) is 2. The Balaban J connectivity index is 2.97. The lowest BCUT2D eigenvalue weighted by molar-refractivity contribution is 0.0997. The van der Waals surface area contributed by atoms with Crippen LogP contribution in [0.4, 0.5) is 5.69 Å². The van der Waals surface area contributed by atoms with Crippen molar-refractivity contribution in [1.29, 1.82) is 0 Å². The van der Waals surface area contributed by atoms with Crippen LogP contribution >= 0.6 is 11.8 Å². The fourth-order valence-corrected chi connectivity index (χ4v) is 2.45. The van der Waals surface area contributed by atoms with Gasteiger partial charge in [0.25, 0.3) is 0 Å². The van der Waals surface area contributed by atoms with Crippen LogP contribution in [0.1, 0.15) is 23.7 Å². The van der Waals surface area contributed by atoms with Gasteiger partial charge in [-0.2, -0.15) is 0 Å². The summed E-state index contributed by atoms with van der Waals surface area (Å²) in [6.45, 7) is 2.09. The molecule has 1 unspecified atom stereocenters. The largest absolute Gasteiger partial charge is 0.398 e. The highest BCUT2D eigenvalue weighted by molar-refractivity contribution is 8.00. The third-order valence-electron chi connectivity index (χ3n) is 2.17. The minimum atomic E-state index is -0.481. The number of nitrogen functional groups attached to an aromatic ring is 1. The van der Waals surface area contributed by atoms with Crippen molar-refractivity contribution >= 4 is 23.4 Å². The van der Waals surface area contributed by atoms with E-state index in [4.69, 9.17) is 16.6 Å². The Morgan fingerprint density at radius 2 is 2.25 bits per heavy atom. The van der Waals surface area contributed by atoms with E-state index in [-0.39, 0.29) is 11.9 Å². The molecule has 0 bridgehead atoms. The monoisotopic (exact) mass is 240 g/mol. The molecule has 0 aliphatic rings. The Labute approximate surface area is 99.0 Å². The Bertz CT molecular complexity index is 382. The first-order valence-corrected chi connectivity index (χ1v) is 5.90. The maximum atomic E-state index is 11.2. The quantitative estimate of drug-likeness (QED) is 0.533. The Morgan fingerprint density at radius 3 is 2.81 bits per heavy atom. The standard InChI is InChI=1S/C11H16N2O2S/c1-7(5-6-14)16-10-8(11(13)15)3-2-4-9(10)12/h2-4,7,14H,5-6,12H2,1H3,(H2,13,15). The average molecular weight is 240 g/mol. The van der Waals surface area contributed by atoms with Crippen LogP contribution in [0.2, 0.25) is 0 Å². The minimum Gasteiger partial charge on any atom is -0.398 e. The van der Waals surface area contributed by atoms with Crippen LogP contribution in [0.5, 0.6) is 0 Å². The van der Waals surface area contributed by atoms with Crippen molar-refractivity contribution in [3.05, 3.63) is 23.8 Å². The molecular formula is C11H16N2O2S. The number of anilines is 1. The highest BCUT2D eigenvalue weighted by Gasteiger charge is 2.14. The van der Waals surface area contributed by atoms with E-state index in [0.717, 1.165) is 0 Å². The lowest BCUT2D eigenvalue weighted by atomic mass is 10.2. The Morgan fingerprint density at radius 1 is 1.56 bits per heavy atom. The topological polar surface area (TPSA) is 89.3 Å². The number of benzene rings is 1. The molecule has 5 heteroatoms. The molecule has 0 spiro atoms. The maximum Gasteiger partial charge on any atom is 0.249 e. The van der Waals surface area contributed by atoms with Crippen LogP contribution < -0.4 is 11.5 Å². The van der Waals surface area contributed by atoms with Gasteiger partial charge in [-0.1, -0.05) is 13.0 Å². The number of thioether (sulfide) groups is 1. The summed E-state index contributed by atoms with van der Waals surface area (Å²) in [6.07, 6.45) is 0.650. The molecule has 1 atom stereocenters. The zero-order valence-electron chi connectivity index (χ0n) is 9.14. The predicted molar refractivity (Wildman–Crippen MR) is 66.4 cm³/mol. The number of carbonyl (C=O) groups is 1. The summed E-state index contributed by atoms with van der Waals surface area (Å²) in [4.78, 5) is 11.9. The van der Waals surface area contributed by atoms with Crippen molar-refractivity contribution in [2.24, 2.45) is 5.73 Å². The highest BCUT2D eigenvalue weighted by atomic mass is 32.2. The molecule has 0 fully saturated rings. The van der Waals surface area contributed by atoms with Gasteiger partial charge in [0.2, 0.25) is 5.91 Å². The smallest absolute Gasteiger partial charge is 0.249 e. The second kappa shape index (κ2) is 5.77. The van der Waals surface area contributed by atoms with E-state index >= 15 is 0 Å². The molecule has 0 heterocycles. The molecule has 0 aliphatic carbocycles. The first kappa shape index (κ1) is 12.9. The van der Waals surface area contributed by atoms with Crippen molar-refractivity contribution in [2.75, 3.05) is 12.3 Å². The van der Waals surface area contributed by atoms with Crippen LogP contribution in [0.15, 0.2) is 23.1 Å². The molecule has 1 amide bonds. The summed E-state index contributed by atoms with van der Waals surface area (Å²) in [5, 5.41) is 9.01. The first-order chi connectivity index (χ1) is 7.56. The molecule has 1 aromatic rings. The number of aliphatic hydroxyl groups excluding tert-OH is 1. The van der Waals surface area contributed by atoms with Gasteiger partial charge in [-0.25, -0.2) is 0 Å². The molecule has 5 N–H and O–H groups in total. The van der Waals surface area contributed by atoms with Crippen LogP contribution in [0, 0.1) is 0 Å². The summed E-state index contributed by atoms with van der Waals surface area (Å²) in [7, 11) is 0. The van der Waals surface area contributed by atoms with E-state index in [9.17, 15) is 4.79 Å². The number of hydrogen-bond donors (Lipinski definition) is 3. The molecule has 88 valence electrons. The molecule has 0 aromatic heterocycles. The number of aliphatic hydroxyl groups is 1. The normalized spacial score (nSPS) is 12.4. The van der Waals surface area contributed by atoms with E-state index in [2.05, 4.69) is 0 Å². The number of rotatable bonds is 5. The van der Waals surface area contributed by atoms with Gasteiger partial charge in [0.05, 0.1) is 5.56 Å². The fraction of sp³-hybridized carbons (Fsp3) is 0.364. The highest BCUT2D eigenvalue weighted by Crippen LogP contribution is 2.32. The van der Waals surface area contributed by atoms with Crippen LogP contribution in [0.25, 0.3) is 0 Å². The first-order valence-electron chi connectivity index (χ1n) is 5.02. The Hall–Kier alpha value is -1.20. The van der Waals surface area contributed by atoms with E-state index in [0.29, 0.717) is 22.6 Å². The fourth-order valence-electron chi connectivity index (χ4n) is 1.32. The van der Waals surface area contributed by atoms with Gasteiger partial charge >= 0.3 is 0 Å². The van der Waals surface area contributed by atoms with Gasteiger partial charge in [0, 0.05) is 22.4 Å². The molecule has 0 saturated heterocycles. The summed E-state index contributed by atoms with van der Waals surface area (Å²) in [6, 6.07) is 5.10. The summed E-state index contributed by atoms with van der Waals surface area (Å²) in [5.74, 6) is -0.481. The number of hydrogen-bond acceptors (Lipinski definition) is 4. The predicted octanol–water partition coefficient (Wildman–Crippen LogP) is 1.23. The number of primary amides is 1. The minimum absolute atomic E-state index is 0.118. The van der Waals surface area contributed by atoms with Crippen LogP contribution in [-0.2, 0) is 0 Å². The summed E-state index contributed by atoms with van der Waals surface area (Å²) in [5.41, 5.74) is 12.1. The van der Waals surface area contributed by atoms with Gasteiger partial charge in [0.1, 0.15) is 0 Å². The SMILES string of the molecule is CC(CCO)Sc1c(N)cccc1C(N)=O. The lowest BCUT2D eigenvalue weighted by Crippen LogP contribution is -2.14. The van der Waals surface area contributed by atoms with E-state index in [1.807, 2.05) is 6.92 Å². The molecular weight excluding hydrogens is 224 g/mol. The molecule has 16 heavy (non-hydrogen) atoms. The third kappa shape index (κ3) is 3.15. The van der Waals surface area contributed by atoms with Crippen molar-refractivity contribution in [3.63, 3.8) is 0 Å². The molecule has 1 rings (SSSR count). The van der Waals surface area contributed by atoms with Gasteiger partial charge < -0.3 is 16.6 Å². The number of amides is 1. The third-order valence-corrected chi connectivity index (χ3v) is 3.49. The molecule has 0 radical (unpaired) electrons. The van der Waals surface area contributed by atoms with Crippen LogP contribution in [-0.4, -0.2) is 22.9 Å². The van der Waals surface area contributed by atoms with Crippen molar-refractivity contribution in [1.82, 2.24) is 0 Å². The van der Waals surface area contributed by atoms with E-state index in [1.165, 1.54) is 11.8 Å². The van der Waals surface area contributed by atoms with Gasteiger partial charge in [-0.3, -0.25) is 4.79 Å². The van der Waals surface area contributed by atoms with Crippen molar-refractivity contribution in [3.8, 4) is 0 Å². The van der Waals surface area contributed by atoms with Crippen molar-refractivity contribution in [2.45, 2.75) is 23.5 Å². The second-order valence-corrected chi connectivity index (χ2v) is 4.98. The van der Waals surface area contributed by atoms with Gasteiger partial charge in [0.15, 0.2) is 0 Å². The Kier molecular flexibility index (Phi) is 4.64. The molecule has 0 aliphatic heterocycles. The second-order valence-electron chi connectivity index (χ2n) is 3.53. The number of carbonyl (C=O) groups excluding carboxylic acids is 1. The van der Waals surface area contributed by atoms with Gasteiger partial charge in [-0.05, 0) is 18.6 Å². The van der Waals surface area contributed by atoms with Crippen molar-refractivity contribution < 1.29 is 9.90 Å². The van der Waals surface area contributed by atoms with Crippen LogP contribution in [0.3, 0.4) is 0 Å². The van der Waals surface area contributed by atoms with Gasteiger partial charge in [-0.15, -0.1) is 11.8 Å². The summed E-state index contributed by atoms with van der Waals surface area (Å²) >= 11 is 1.46. The zero-order valence-corrected chi connectivity index (χ0v) is 9.96. The molecule has 4 nitrogen and oxygen atoms in total. The van der Waals surface area contributed by atoms with E-state index in [1.54, 1.807) is 18.2 Å². The lowest BCUT2D eigenvalue weighted by Gasteiger charge is -2.14. The maximum absolute atomic E-state index is 11.2. The molecule has 1 aromatic carbocycles. The average Bonchev–Trinajstić information content (AvgIpc) is 2.21. The molecule has 0 saturated carbocycles.